The third kappa shape index (κ3) is 5.97. The molecule has 0 unspecified atom stereocenters. The first-order chi connectivity index (χ1) is 19.2. The molecule has 6 rings (SSSR count). The topological polar surface area (TPSA) is 89.3 Å². The van der Waals surface area contributed by atoms with Gasteiger partial charge in [0.2, 0.25) is 0 Å². The number of likely N-dealkylation sites (tertiary alicyclic amines) is 1. The Morgan fingerprint density at radius 3 is 2.67 bits per heavy atom. The first-order valence-electron chi connectivity index (χ1n) is 14.3. The van der Waals surface area contributed by atoms with Crippen molar-refractivity contribution >= 4 is 22.2 Å². The minimum Gasteiger partial charge on any atom is -0.382 e. The molecule has 5 aromatic rings. The van der Waals surface area contributed by atoms with Crippen LogP contribution in [0.2, 0.25) is 0 Å². The van der Waals surface area contributed by atoms with Gasteiger partial charge in [0.1, 0.15) is 11.8 Å². The van der Waals surface area contributed by atoms with Gasteiger partial charge >= 0.3 is 0 Å². The zero-order valence-electron chi connectivity index (χ0n) is 22.6. The number of aromatic nitrogens is 5. The van der Waals surface area contributed by atoms with E-state index in [9.17, 15) is 0 Å². The summed E-state index contributed by atoms with van der Waals surface area (Å²) in [4.78, 5) is 6.88. The fraction of sp³-hybridized carbons (Fsp3) is 0.387. The molecule has 3 aromatic heterocycles. The zero-order valence-corrected chi connectivity index (χ0v) is 22.6. The second kappa shape index (κ2) is 12.0. The molecule has 2 aromatic carbocycles. The van der Waals surface area contributed by atoms with Crippen LogP contribution in [-0.4, -0.2) is 62.0 Å². The molecule has 3 N–H and O–H groups in total. The molecule has 1 aliphatic rings. The zero-order chi connectivity index (χ0) is 26.4. The molecule has 0 spiro atoms. The van der Waals surface area contributed by atoms with E-state index in [0.717, 1.165) is 78.7 Å². The first-order valence-corrected chi connectivity index (χ1v) is 14.3. The quantitative estimate of drug-likeness (QED) is 0.243. The van der Waals surface area contributed by atoms with E-state index in [2.05, 4.69) is 75.0 Å². The maximum Gasteiger partial charge on any atom is 0.151 e. The molecule has 1 fully saturated rings. The second-order valence-electron chi connectivity index (χ2n) is 10.7. The molecule has 8 heteroatoms. The van der Waals surface area contributed by atoms with Crippen molar-refractivity contribution in [2.24, 2.45) is 0 Å². The molecular formula is C31H38N8. The van der Waals surface area contributed by atoms with Crippen LogP contribution >= 0.6 is 0 Å². The summed E-state index contributed by atoms with van der Waals surface area (Å²) >= 11 is 0. The van der Waals surface area contributed by atoms with Gasteiger partial charge < -0.3 is 16.0 Å². The van der Waals surface area contributed by atoms with Gasteiger partial charge in [0.25, 0.3) is 0 Å². The van der Waals surface area contributed by atoms with E-state index < -0.39 is 0 Å². The van der Waals surface area contributed by atoms with Crippen molar-refractivity contribution < 1.29 is 0 Å². The van der Waals surface area contributed by atoms with Crippen molar-refractivity contribution in [1.29, 1.82) is 0 Å². The van der Waals surface area contributed by atoms with Gasteiger partial charge in [-0.15, -0.1) is 0 Å². The van der Waals surface area contributed by atoms with Crippen LogP contribution < -0.4 is 11.1 Å². The number of nitrogen functional groups attached to an aromatic ring is 1. The van der Waals surface area contributed by atoms with E-state index in [1.54, 1.807) is 6.33 Å². The van der Waals surface area contributed by atoms with E-state index in [1.165, 1.54) is 37.9 Å². The van der Waals surface area contributed by atoms with Gasteiger partial charge in [-0.05, 0) is 75.0 Å². The average Bonchev–Trinajstić information content (AvgIpc) is 3.55. The van der Waals surface area contributed by atoms with E-state index >= 15 is 0 Å². The van der Waals surface area contributed by atoms with Crippen molar-refractivity contribution in [3.8, 4) is 11.1 Å². The lowest BCUT2D eigenvalue weighted by atomic mass is 10.0. The highest BCUT2D eigenvalue weighted by molar-refractivity contribution is 5.92. The predicted molar refractivity (Wildman–Crippen MR) is 158 cm³/mol. The number of benzene rings is 2. The number of aryl methyl sites for hydroxylation is 1. The molecule has 0 bridgehead atoms. The number of anilines is 1. The molecule has 0 aliphatic carbocycles. The predicted octanol–water partition coefficient (Wildman–Crippen LogP) is 4.77. The van der Waals surface area contributed by atoms with Gasteiger partial charge in [-0.25, -0.2) is 9.50 Å². The monoisotopic (exact) mass is 522 g/mol. The number of nitrogens with zero attached hydrogens (tertiary/aromatic N) is 6. The number of hydrogen-bond acceptors (Lipinski definition) is 6. The van der Waals surface area contributed by atoms with Crippen LogP contribution in [0.15, 0.2) is 67.1 Å². The van der Waals surface area contributed by atoms with Crippen molar-refractivity contribution in [3.63, 3.8) is 0 Å². The molecule has 4 heterocycles. The van der Waals surface area contributed by atoms with Gasteiger partial charge in [-0.2, -0.15) is 10.2 Å². The summed E-state index contributed by atoms with van der Waals surface area (Å²) in [6.07, 6.45) is 10.9. The number of hydrogen-bond donors (Lipinski definition) is 2. The molecule has 0 saturated carbocycles. The number of fused-ring (bicyclic) bond motifs is 2. The molecule has 1 aliphatic heterocycles. The Balaban J connectivity index is 1.13. The minimum atomic E-state index is 0.500. The summed E-state index contributed by atoms with van der Waals surface area (Å²) in [5.41, 5.74) is 12.7. The highest BCUT2D eigenvalue weighted by Crippen LogP contribution is 2.32. The Morgan fingerprint density at radius 1 is 0.923 bits per heavy atom. The standard InChI is InChI=1S/C31H38N8/c32-31-30-28(25-12-13-26-22-38(36-29(26)19-25)21-24-9-3-1-4-10-24)20-27(39(30)35-23-34-31)11-5-6-14-33-15-18-37-16-7-2-8-17-37/h1,3-4,9-10,12-13,19-20,22-23,33H,2,5-8,11,14-18,21H2,(H2,32,34,35). The van der Waals surface area contributed by atoms with Crippen LogP contribution in [0.4, 0.5) is 5.82 Å². The smallest absolute Gasteiger partial charge is 0.151 e. The average molecular weight is 523 g/mol. The summed E-state index contributed by atoms with van der Waals surface area (Å²) < 4.78 is 3.98. The van der Waals surface area contributed by atoms with Gasteiger partial charge in [-0.3, -0.25) is 4.68 Å². The van der Waals surface area contributed by atoms with E-state index in [4.69, 9.17) is 10.8 Å². The van der Waals surface area contributed by atoms with Crippen LogP contribution in [0.1, 0.15) is 43.4 Å². The van der Waals surface area contributed by atoms with Gasteiger partial charge in [0.05, 0.1) is 12.1 Å². The molecule has 202 valence electrons. The summed E-state index contributed by atoms with van der Waals surface area (Å²) in [5, 5.41) is 14.2. The van der Waals surface area contributed by atoms with Crippen LogP contribution in [0.25, 0.3) is 27.5 Å². The van der Waals surface area contributed by atoms with Crippen LogP contribution in [0.5, 0.6) is 0 Å². The Bertz CT molecular complexity index is 1510. The van der Waals surface area contributed by atoms with Crippen LogP contribution in [0.3, 0.4) is 0 Å². The van der Waals surface area contributed by atoms with Crippen LogP contribution in [-0.2, 0) is 13.0 Å². The fourth-order valence-corrected chi connectivity index (χ4v) is 5.72. The lowest BCUT2D eigenvalue weighted by molar-refractivity contribution is 0.229. The number of nitrogens with two attached hydrogens (primary N) is 1. The Morgan fingerprint density at radius 2 is 1.79 bits per heavy atom. The molecule has 0 amide bonds. The van der Waals surface area contributed by atoms with Gasteiger partial charge in [-0.1, -0.05) is 48.9 Å². The Kier molecular flexibility index (Phi) is 7.83. The lowest BCUT2D eigenvalue weighted by Crippen LogP contribution is -2.36. The maximum atomic E-state index is 6.38. The molecule has 1 saturated heterocycles. The molecule has 0 atom stereocenters. The lowest BCUT2D eigenvalue weighted by Gasteiger charge is -2.26. The third-order valence-corrected chi connectivity index (χ3v) is 7.80. The highest BCUT2D eigenvalue weighted by Gasteiger charge is 2.16. The van der Waals surface area contributed by atoms with Gasteiger partial charge in [0, 0.05) is 35.9 Å². The number of nitrogens with one attached hydrogen (secondary N) is 1. The summed E-state index contributed by atoms with van der Waals surface area (Å²) in [5.74, 6) is 0.500. The van der Waals surface area contributed by atoms with E-state index in [0.29, 0.717) is 5.82 Å². The number of piperidine rings is 1. The first kappa shape index (κ1) is 25.5. The summed E-state index contributed by atoms with van der Waals surface area (Å²) in [7, 11) is 0. The summed E-state index contributed by atoms with van der Waals surface area (Å²) in [6, 6.07) is 19.1. The molecule has 39 heavy (non-hydrogen) atoms. The molecular weight excluding hydrogens is 484 g/mol. The maximum absolute atomic E-state index is 6.38. The van der Waals surface area contributed by atoms with Crippen LogP contribution in [0, 0.1) is 0 Å². The largest absolute Gasteiger partial charge is 0.382 e. The van der Waals surface area contributed by atoms with Crippen molar-refractivity contribution in [3.05, 3.63) is 78.4 Å². The number of rotatable bonds is 11. The fourth-order valence-electron chi connectivity index (χ4n) is 5.72. The minimum absolute atomic E-state index is 0.500. The highest BCUT2D eigenvalue weighted by atomic mass is 15.3. The summed E-state index contributed by atoms with van der Waals surface area (Å²) in [6.45, 7) is 6.56. The van der Waals surface area contributed by atoms with Crippen molar-refractivity contribution in [2.45, 2.75) is 45.1 Å². The van der Waals surface area contributed by atoms with Crippen molar-refractivity contribution in [1.82, 2.24) is 34.6 Å². The van der Waals surface area contributed by atoms with Crippen molar-refractivity contribution in [2.75, 3.05) is 38.5 Å². The SMILES string of the molecule is Nc1ncnn2c(CCCCNCCN3CCCCC3)cc(-c3ccc4cn(Cc5ccccc5)nc4c3)c12. The molecule has 8 nitrogen and oxygen atoms in total. The second-order valence-corrected chi connectivity index (χ2v) is 10.7. The van der Waals surface area contributed by atoms with Gasteiger partial charge in [0.15, 0.2) is 5.82 Å². The van der Waals surface area contributed by atoms with E-state index in [1.807, 2.05) is 15.3 Å². The Hall–Kier alpha value is -3.75. The number of unbranched alkanes of at least 4 members (excludes halogenated alkanes) is 1. The Labute approximate surface area is 229 Å². The molecule has 0 radical (unpaired) electrons. The third-order valence-electron chi connectivity index (χ3n) is 7.80. The van der Waals surface area contributed by atoms with E-state index in [-0.39, 0.29) is 0 Å². The normalized spacial score (nSPS) is 14.5.